The van der Waals surface area contributed by atoms with Gasteiger partial charge in [0.1, 0.15) is 0 Å². The Labute approximate surface area is 82.8 Å². The van der Waals surface area contributed by atoms with Gasteiger partial charge in [-0.2, -0.15) is 0 Å². The van der Waals surface area contributed by atoms with Crippen LogP contribution in [0.3, 0.4) is 0 Å². The lowest BCUT2D eigenvalue weighted by atomic mass is 10.1. The van der Waals surface area contributed by atoms with Crippen molar-refractivity contribution >= 4 is 21.6 Å². The standard InChI is InChI=1S/C8H7BrFNO2/c9-7-2-1-6(3-4-10)5-8(7)11(12)13/h1-2,5H,3-4H2. The highest BCUT2D eigenvalue weighted by molar-refractivity contribution is 9.10. The van der Waals surface area contributed by atoms with E-state index in [-0.39, 0.29) is 12.1 Å². The first-order chi connectivity index (χ1) is 6.15. The highest BCUT2D eigenvalue weighted by atomic mass is 79.9. The van der Waals surface area contributed by atoms with Gasteiger partial charge in [0, 0.05) is 12.5 Å². The zero-order valence-corrected chi connectivity index (χ0v) is 8.25. The monoisotopic (exact) mass is 247 g/mol. The molecule has 13 heavy (non-hydrogen) atoms. The number of nitro groups is 1. The van der Waals surface area contributed by atoms with E-state index >= 15 is 0 Å². The first-order valence-corrected chi connectivity index (χ1v) is 4.43. The molecule has 0 aliphatic rings. The van der Waals surface area contributed by atoms with Gasteiger partial charge >= 0.3 is 0 Å². The molecule has 5 heteroatoms. The third-order valence-corrected chi connectivity index (χ3v) is 2.26. The zero-order valence-electron chi connectivity index (χ0n) is 6.67. The molecule has 0 aliphatic carbocycles. The number of hydrogen-bond acceptors (Lipinski definition) is 2. The Balaban J connectivity index is 3.04. The van der Waals surface area contributed by atoms with Crippen LogP contribution >= 0.6 is 15.9 Å². The molecule has 0 fully saturated rings. The maximum Gasteiger partial charge on any atom is 0.283 e. The molecule has 0 saturated heterocycles. The molecule has 0 spiro atoms. The van der Waals surface area contributed by atoms with E-state index in [1.807, 2.05) is 0 Å². The summed E-state index contributed by atoms with van der Waals surface area (Å²) in [5, 5.41) is 10.5. The lowest BCUT2D eigenvalue weighted by molar-refractivity contribution is -0.385. The molecule has 0 aromatic heterocycles. The Morgan fingerprint density at radius 3 is 2.77 bits per heavy atom. The fourth-order valence-corrected chi connectivity index (χ4v) is 1.35. The third-order valence-electron chi connectivity index (χ3n) is 1.59. The smallest absolute Gasteiger partial charge is 0.258 e. The Hall–Kier alpha value is -0.970. The molecule has 0 amide bonds. The number of aryl methyl sites for hydroxylation is 1. The Bertz CT molecular complexity index is 330. The van der Waals surface area contributed by atoms with Crippen LogP contribution in [0.1, 0.15) is 5.56 Å². The number of halogens is 2. The van der Waals surface area contributed by atoms with Gasteiger partial charge in [0.2, 0.25) is 0 Å². The van der Waals surface area contributed by atoms with Gasteiger partial charge in [-0.1, -0.05) is 6.07 Å². The van der Waals surface area contributed by atoms with Gasteiger partial charge in [-0.05, 0) is 27.6 Å². The number of benzene rings is 1. The second-order valence-corrected chi connectivity index (χ2v) is 3.34. The molecule has 0 aliphatic heterocycles. The summed E-state index contributed by atoms with van der Waals surface area (Å²) in [6.07, 6.45) is 0.216. The molecular weight excluding hydrogens is 241 g/mol. The van der Waals surface area contributed by atoms with Crippen molar-refractivity contribution in [1.29, 1.82) is 0 Å². The van der Waals surface area contributed by atoms with Crippen molar-refractivity contribution < 1.29 is 9.31 Å². The van der Waals surface area contributed by atoms with Gasteiger partial charge in [0.15, 0.2) is 0 Å². The minimum Gasteiger partial charge on any atom is -0.258 e. The van der Waals surface area contributed by atoms with Crippen LogP contribution in [-0.2, 0) is 6.42 Å². The highest BCUT2D eigenvalue weighted by Gasteiger charge is 2.11. The maximum atomic E-state index is 11.9. The summed E-state index contributed by atoms with van der Waals surface area (Å²) in [6.45, 7) is -0.501. The maximum absolute atomic E-state index is 11.9. The van der Waals surface area contributed by atoms with E-state index < -0.39 is 11.6 Å². The molecule has 70 valence electrons. The summed E-state index contributed by atoms with van der Waals surface area (Å²) >= 11 is 3.05. The average molecular weight is 248 g/mol. The normalized spacial score (nSPS) is 10.0. The number of hydrogen-bond donors (Lipinski definition) is 0. The zero-order chi connectivity index (χ0) is 9.84. The predicted octanol–water partition coefficient (Wildman–Crippen LogP) is 2.87. The van der Waals surface area contributed by atoms with Gasteiger partial charge in [-0.3, -0.25) is 14.5 Å². The van der Waals surface area contributed by atoms with Crippen LogP contribution < -0.4 is 0 Å². The largest absolute Gasteiger partial charge is 0.283 e. The first kappa shape index (κ1) is 10.1. The lowest BCUT2D eigenvalue weighted by Gasteiger charge is -1.98. The first-order valence-electron chi connectivity index (χ1n) is 3.64. The molecule has 0 saturated carbocycles. The number of rotatable bonds is 3. The Morgan fingerprint density at radius 2 is 2.23 bits per heavy atom. The predicted molar refractivity (Wildman–Crippen MR) is 50.5 cm³/mol. The van der Waals surface area contributed by atoms with Gasteiger partial charge in [-0.15, -0.1) is 0 Å². The summed E-state index contributed by atoms with van der Waals surface area (Å²) in [5.41, 5.74) is 0.614. The van der Waals surface area contributed by atoms with Crippen LogP contribution in [0.25, 0.3) is 0 Å². The van der Waals surface area contributed by atoms with Crippen molar-refractivity contribution in [3.63, 3.8) is 0 Å². The minimum absolute atomic E-state index is 0.0223. The van der Waals surface area contributed by atoms with Gasteiger partial charge < -0.3 is 0 Å². The van der Waals surface area contributed by atoms with Crippen molar-refractivity contribution in [2.75, 3.05) is 6.67 Å². The summed E-state index contributed by atoms with van der Waals surface area (Å²) in [5.74, 6) is 0. The van der Waals surface area contributed by atoms with Crippen molar-refractivity contribution in [3.05, 3.63) is 38.3 Å². The van der Waals surface area contributed by atoms with Gasteiger partial charge in [0.05, 0.1) is 16.1 Å². The minimum atomic E-state index is -0.501. The van der Waals surface area contributed by atoms with E-state index in [9.17, 15) is 14.5 Å². The molecule has 0 radical (unpaired) electrons. The van der Waals surface area contributed by atoms with E-state index in [4.69, 9.17) is 0 Å². The summed E-state index contributed by atoms with van der Waals surface area (Å²) in [7, 11) is 0. The molecular formula is C8H7BrFNO2. The molecule has 0 atom stereocenters. The second kappa shape index (κ2) is 4.32. The van der Waals surface area contributed by atoms with Crippen molar-refractivity contribution in [1.82, 2.24) is 0 Å². The number of nitrogens with zero attached hydrogens (tertiary/aromatic N) is 1. The van der Waals surface area contributed by atoms with Crippen LogP contribution in [-0.4, -0.2) is 11.6 Å². The van der Waals surface area contributed by atoms with E-state index in [0.29, 0.717) is 10.0 Å². The van der Waals surface area contributed by atoms with Crippen LogP contribution in [0.15, 0.2) is 22.7 Å². The van der Waals surface area contributed by atoms with Crippen LogP contribution in [0.4, 0.5) is 10.1 Å². The Kier molecular flexibility index (Phi) is 3.36. The van der Waals surface area contributed by atoms with Gasteiger partial charge in [0.25, 0.3) is 5.69 Å². The van der Waals surface area contributed by atoms with E-state index in [2.05, 4.69) is 15.9 Å². The van der Waals surface area contributed by atoms with Crippen molar-refractivity contribution in [2.24, 2.45) is 0 Å². The summed E-state index contributed by atoms with van der Waals surface area (Å²) in [6, 6.07) is 4.60. The molecule has 0 bridgehead atoms. The van der Waals surface area contributed by atoms with Crippen LogP contribution in [0.5, 0.6) is 0 Å². The van der Waals surface area contributed by atoms with E-state index in [0.717, 1.165) is 0 Å². The average Bonchev–Trinajstić information content (AvgIpc) is 2.08. The van der Waals surface area contributed by atoms with Gasteiger partial charge in [-0.25, -0.2) is 0 Å². The number of nitro benzene ring substituents is 1. The van der Waals surface area contributed by atoms with E-state index in [1.54, 1.807) is 12.1 Å². The SMILES string of the molecule is O=[N+]([O-])c1cc(CCF)ccc1Br. The molecule has 0 heterocycles. The molecule has 3 nitrogen and oxygen atoms in total. The summed E-state index contributed by atoms with van der Waals surface area (Å²) in [4.78, 5) is 9.97. The highest BCUT2D eigenvalue weighted by Crippen LogP contribution is 2.25. The fourth-order valence-electron chi connectivity index (χ4n) is 0.963. The third kappa shape index (κ3) is 2.48. The lowest BCUT2D eigenvalue weighted by Crippen LogP contribution is -1.93. The molecule has 1 aromatic carbocycles. The molecule has 0 N–H and O–H groups in total. The molecule has 1 rings (SSSR count). The number of alkyl halides is 1. The molecule has 0 unspecified atom stereocenters. The summed E-state index contributed by atoms with van der Waals surface area (Å²) < 4.78 is 12.3. The Morgan fingerprint density at radius 1 is 1.54 bits per heavy atom. The second-order valence-electron chi connectivity index (χ2n) is 2.48. The quantitative estimate of drug-likeness (QED) is 0.609. The molecule has 1 aromatic rings. The topological polar surface area (TPSA) is 43.1 Å². The van der Waals surface area contributed by atoms with E-state index in [1.165, 1.54) is 6.07 Å². The van der Waals surface area contributed by atoms with Crippen LogP contribution in [0, 0.1) is 10.1 Å². The van der Waals surface area contributed by atoms with Crippen molar-refractivity contribution in [2.45, 2.75) is 6.42 Å². The fraction of sp³-hybridized carbons (Fsp3) is 0.250. The van der Waals surface area contributed by atoms with Crippen LogP contribution in [0.2, 0.25) is 0 Å². The van der Waals surface area contributed by atoms with Crippen molar-refractivity contribution in [3.8, 4) is 0 Å².